The lowest BCUT2D eigenvalue weighted by Crippen LogP contribution is -2.19. The quantitative estimate of drug-likeness (QED) is 0.678. The molecule has 28 heavy (non-hydrogen) atoms. The summed E-state index contributed by atoms with van der Waals surface area (Å²) in [5.41, 5.74) is 1.45. The molecule has 10 heteroatoms. The number of tetrazole rings is 1. The van der Waals surface area contributed by atoms with Crippen molar-refractivity contribution in [1.29, 1.82) is 0 Å². The maximum atomic E-state index is 14.0. The van der Waals surface area contributed by atoms with Gasteiger partial charge in [0.25, 0.3) is 5.92 Å². The summed E-state index contributed by atoms with van der Waals surface area (Å²) in [6, 6.07) is 10.7. The molecule has 0 spiro atoms. The van der Waals surface area contributed by atoms with E-state index in [1.807, 2.05) is 0 Å². The van der Waals surface area contributed by atoms with Crippen molar-refractivity contribution in [3.05, 3.63) is 59.2 Å². The van der Waals surface area contributed by atoms with Crippen molar-refractivity contribution in [2.75, 3.05) is 7.05 Å². The molecule has 0 aliphatic heterocycles. The molecule has 148 valence electrons. The van der Waals surface area contributed by atoms with E-state index in [0.717, 1.165) is 6.92 Å². The smallest absolute Gasteiger partial charge is 0.229 e. The average Bonchev–Trinajstić information content (AvgIpc) is 3.07. The van der Waals surface area contributed by atoms with Crippen LogP contribution in [0.3, 0.4) is 0 Å². The molecular formula is C18H19F2N5O2S. The monoisotopic (exact) mass is 407 g/mol. The number of sulfonamides is 1. The summed E-state index contributed by atoms with van der Waals surface area (Å²) in [6.45, 7) is 0.849. The van der Waals surface area contributed by atoms with Crippen LogP contribution in [0.5, 0.6) is 0 Å². The molecule has 1 N–H and O–H groups in total. The number of alkyl halides is 2. The van der Waals surface area contributed by atoms with E-state index >= 15 is 0 Å². The molecule has 0 unspecified atom stereocenters. The Kier molecular flexibility index (Phi) is 5.26. The van der Waals surface area contributed by atoms with Crippen molar-refractivity contribution < 1.29 is 17.2 Å². The van der Waals surface area contributed by atoms with E-state index in [9.17, 15) is 17.2 Å². The third-order valence-corrected chi connectivity index (χ3v) is 5.80. The molecule has 1 heterocycles. The molecule has 2 aromatic carbocycles. The number of halogens is 2. The summed E-state index contributed by atoms with van der Waals surface area (Å²) in [5, 5.41) is 11.3. The normalized spacial score (nSPS) is 12.3. The molecule has 0 radical (unpaired) electrons. The molecule has 3 aromatic rings. The van der Waals surface area contributed by atoms with E-state index in [1.54, 1.807) is 31.3 Å². The van der Waals surface area contributed by atoms with Gasteiger partial charge in [-0.2, -0.15) is 0 Å². The van der Waals surface area contributed by atoms with Gasteiger partial charge in [-0.15, -0.1) is 5.10 Å². The molecule has 0 saturated carbocycles. The molecule has 0 atom stereocenters. The zero-order valence-electron chi connectivity index (χ0n) is 15.5. The standard InChI is InChI=1S/C18H19F2N5O2S/c1-18(19,20)16-7-5-4-6-13(16)10-12-8-9-14(28(26,27)21-2)11-15(12)17-22-23-24-25(17)3/h4-9,11,21H,10H2,1-3H3. The van der Waals surface area contributed by atoms with E-state index in [4.69, 9.17) is 0 Å². The van der Waals surface area contributed by atoms with Gasteiger partial charge in [0.15, 0.2) is 5.82 Å². The van der Waals surface area contributed by atoms with E-state index in [1.165, 1.54) is 29.9 Å². The first kappa shape index (κ1) is 20.0. The second kappa shape index (κ2) is 7.36. The van der Waals surface area contributed by atoms with Crippen molar-refractivity contribution in [1.82, 2.24) is 24.9 Å². The summed E-state index contributed by atoms with van der Waals surface area (Å²) in [6.07, 6.45) is 0.168. The van der Waals surface area contributed by atoms with Crippen molar-refractivity contribution in [3.8, 4) is 11.4 Å². The van der Waals surface area contributed by atoms with Gasteiger partial charge in [0, 0.05) is 25.1 Å². The van der Waals surface area contributed by atoms with Crippen LogP contribution in [-0.2, 0) is 29.4 Å². The Balaban J connectivity index is 2.16. The first-order valence-corrected chi connectivity index (χ1v) is 9.87. The highest BCUT2D eigenvalue weighted by atomic mass is 32.2. The van der Waals surface area contributed by atoms with Gasteiger partial charge in [-0.05, 0) is 47.2 Å². The van der Waals surface area contributed by atoms with Gasteiger partial charge in [0.05, 0.1) is 4.90 Å². The van der Waals surface area contributed by atoms with Crippen LogP contribution in [0.2, 0.25) is 0 Å². The lowest BCUT2D eigenvalue weighted by Gasteiger charge is -2.17. The molecule has 0 amide bonds. The molecule has 0 aliphatic carbocycles. The fourth-order valence-electron chi connectivity index (χ4n) is 2.97. The van der Waals surface area contributed by atoms with Gasteiger partial charge in [-0.25, -0.2) is 26.6 Å². The molecular weight excluding hydrogens is 388 g/mol. The van der Waals surface area contributed by atoms with E-state index < -0.39 is 15.9 Å². The highest BCUT2D eigenvalue weighted by Crippen LogP contribution is 2.33. The lowest BCUT2D eigenvalue weighted by molar-refractivity contribution is 0.0166. The zero-order valence-corrected chi connectivity index (χ0v) is 16.3. The van der Waals surface area contributed by atoms with E-state index in [0.29, 0.717) is 22.5 Å². The molecule has 0 saturated heterocycles. The Bertz CT molecular complexity index is 1110. The van der Waals surface area contributed by atoms with Crippen LogP contribution in [0, 0.1) is 0 Å². The minimum atomic E-state index is -3.69. The number of nitrogens with one attached hydrogen (secondary N) is 1. The van der Waals surface area contributed by atoms with E-state index in [2.05, 4.69) is 20.2 Å². The highest BCUT2D eigenvalue weighted by Gasteiger charge is 2.27. The minimum Gasteiger partial charge on any atom is -0.229 e. The SMILES string of the molecule is CNS(=O)(=O)c1ccc(Cc2ccccc2C(C)(F)F)c(-c2nnnn2C)c1. The number of aromatic nitrogens is 4. The number of rotatable bonds is 6. The maximum Gasteiger partial charge on any atom is 0.270 e. The molecule has 3 rings (SSSR count). The summed E-state index contributed by atoms with van der Waals surface area (Å²) >= 11 is 0. The molecule has 0 aliphatic rings. The Morgan fingerprint density at radius 2 is 1.86 bits per heavy atom. The lowest BCUT2D eigenvalue weighted by atomic mass is 9.94. The average molecular weight is 407 g/mol. The predicted octanol–water partition coefficient (Wildman–Crippen LogP) is 2.49. The Hall–Kier alpha value is -2.72. The maximum absolute atomic E-state index is 14.0. The molecule has 1 aromatic heterocycles. The van der Waals surface area contributed by atoms with Crippen LogP contribution < -0.4 is 4.72 Å². The fraction of sp³-hybridized carbons (Fsp3) is 0.278. The first-order chi connectivity index (χ1) is 13.1. The van der Waals surface area contributed by atoms with Gasteiger partial charge in [-0.3, -0.25) is 0 Å². The summed E-state index contributed by atoms with van der Waals surface area (Å²) in [7, 11) is -0.764. The number of aryl methyl sites for hydroxylation is 1. The van der Waals surface area contributed by atoms with Crippen LogP contribution in [0.4, 0.5) is 8.78 Å². The van der Waals surface area contributed by atoms with Gasteiger partial charge < -0.3 is 0 Å². The highest BCUT2D eigenvalue weighted by molar-refractivity contribution is 7.89. The van der Waals surface area contributed by atoms with Gasteiger partial charge in [0.2, 0.25) is 10.0 Å². The number of hydrogen-bond donors (Lipinski definition) is 1. The van der Waals surface area contributed by atoms with Gasteiger partial charge >= 0.3 is 0 Å². The van der Waals surface area contributed by atoms with Crippen LogP contribution in [0.1, 0.15) is 23.6 Å². The van der Waals surface area contributed by atoms with E-state index in [-0.39, 0.29) is 16.9 Å². The predicted molar refractivity (Wildman–Crippen MR) is 99.3 cm³/mol. The third-order valence-electron chi connectivity index (χ3n) is 4.39. The molecule has 0 fully saturated rings. The number of nitrogens with zero attached hydrogens (tertiary/aromatic N) is 4. The minimum absolute atomic E-state index is 0.0332. The first-order valence-electron chi connectivity index (χ1n) is 8.39. The third kappa shape index (κ3) is 3.92. The largest absolute Gasteiger partial charge is 0.270 e. The Morgan fingerprint density at radius 3 is 2.46 bits per heavy atom. The van der Waals surface area contributed by atoms with Crippen molar-refractivity contribution >= 4 is 10.0 Å². The molecule has 0 bridgehead atoms. The molecule has 7 nitrogen and oxygen atoms in total. The van der Waals surface area contributed by atoms with Crippen LogP contribution in [-0.4, -0.2) is 35.7 Å². The Labute approximate surface area is 161 Å². The fourth-order valence-corrected chi connectivity index (χ4v) is 3.72. The topological polar surface area (TPSA) is 89.8 Å². The second-order valence-electron chi connectivity index (χ2n) is 6.37. The number of benzene rings is 2. The van der Waals surface area contributed by atoms with Crippen LogP contribution >= 0.6 is 0 Å². The van der Waals surface area contributed by atoms with Crippen molar-refractivity contribution in [3.63, 3.8) is 0 Å². The summed E-state index contributed by atoms with van der Waals surface area (Å²) in [4.78, 5) is 0.0332. The van der Waals surface area contributed by atoms with Crippen LogP contribution in [0.25, 0.3) is 11.4 Å². The summed E-state index contributed by atoms with van der Waals surface area (Å²) in [5.74, 6) is -2.66. The summed E-state index contributed by atoms with van der Waals surface area (Å²) < 4.78 is 56.0. The van der Waals surface area contributed by atoms with Crippen LogP contribution in [0.15, 0.2) is 47.4 Å². The number of hydrogen-bond acceptors (Lipinski definition) is 5. The van der Waals surface area contributed by atoms with Gasteiger partial charge in [-0.1, -0.05) is 30.3 Å². The Morgan fingerprint density at radius 1 is 1.14 bits per heavy atom. The second-order valence-corrected chi connectivity index (χ2v) is 8.26. The zero-order chi connectivity index (χ0) is 20.5. The van der Waals surface area contributed by atoms with Gasteiger partial charge in [0.1, 0.15) is 0 Å². The van der Waals surface area contributed by atoms with Crippen molar-refractivity contribution in [2.45, 2.75) is 24.2 Å². The van der Waals surface area contributed by atoms with Crippen molar-refractivity contribution in [2.24, 2.45) is 7.05 Å².